The van der Waals surface area contributed by atoms with Gasteiger partial charge in [-0.05, 0) is 48.0 Å². The summed E-state index contributed by atoms with van der Waals surface area (Å²) in [5.74, 6) is -4.00. The van der Waals surface area contributed by atoms with E-state index in [1.54, 1.807) is 23.0 Å². The van der Waals surface area contributed by atoms with Gasteiger partial charge in [0.05, 0.1) is 17.8 Å². The van der Waals surface area contributed by atoms with Gasteiger partial charge in [0.1, 0.15) is 22.7 Å². The number of benzene rings is 2. The Morgan fingerprint density at radius 3 is 2.55 bits per heavy atom. The first kappa shape index (κ1) is 18.7. The molecule has 0 saturated heterocycles. The van der Waals surface area contributed by atoms with Crippen LogP contribution in [0.3, 0.4) is 0 Å². The summed E-state index contributed by atoms with van der Waals surface area (Å²) in [6.45, 7) is 0.387. The van der Waals surface area contributed by atoms with Gasteiger partial charge in [0, 0.05) is 17.1 Å². The number of aromatic carboxylic acids is 1. The summed E-state index contributed by atoms with van der Waals surface area (Å²) in [5.41, 5.74) is 2.19. The van der Waals surface area contributed by atoms with Gasteiger partial charge in [-0.15, -0.1) is 5.10 Å². The number of carbonyl (C=O) groups is 1. The van der Waals surface area contributed by atoms with E-state index in [0.717, 1.165) is 28.6 Å². The Morgan fingerprint density at radius 2 is 1.77 bits per heavy atom. The maximum absolute atomic E-state index is 14.1. The molecule has 5 aromatic rings. The topological polar surface area (TPSA) is 93.8 Å². The molecule has 3 aromatic heterocycles. The molecule has 0 fully saturated rings. The summed E-state index contributed by atoms with van der Waals surface area (Å²) in [5, 5.41) is 18.2. The number of nitrogens with zero attached hydrogens (tertiary/aromatic N) is 5. The highest BCUT2D eigenvalue weighted by atomic mass is 19.1. The molecule has 9 heteroatoms. The Morgan fingerprint density at radius 1 is 1.00 bits per heavy atom. The van der Waals surface area contributed by atoms with E-state index < -0.39 is 23.2 Å². The second kappa shape index (κ2) is 7.21. The Hall–Kier alpha value is -4.27. The highest BCUT2D eigenvalue weighted by Crippen LogP contribution is 2.25. The van der Waals surface area contributed by atoms with Crippen LogP contribution < -0.4 is 0 Å². The molecule has 2 aromatic carbocycles. The van der Waals surface area contributed by atoms with Crippen molar-refractivity contribution in [2.24, 2.45) is 0 Å². The zero-order valence-electron chi connectivity index (χ0n) is 15.8. The fourth-order valence-corrected chi connectivity index (χ4v) is 3.44. The number of carboxylic acid groups (broad SMARTS) is 1. The van der Waals surface area contributed by atoms with E-state index in [2.05, 4.69) is 20.3 Å². The predicted molar refractivity (Wildman–Crippen MR) is 108 cm³/mol. The van der Waals surface area contributed by atoms with Gasteiger partial charge in [0.2, 0.25) is 0 Å². The molecule has 0 aliphatic rings. The van der Waals surface area contributed by atoms with Gasteiger partial charge in [-0.25, -0.2) is 23.2 Å². The minimum Gasteiger partial charge on any atom is -0.477 e. The van der Waals surface area contributed by atoms with Gasteiger partial charge >= 0.3 is 5.97 Å². The van der Waals surface area contributed by atoms with E-state index in [-0.39, 0.29) is 11.3 Å². The normalized spacial score (nSPS) is 11.3. The third-order valence-corrected chi connectivity index (χ3v) is 4.91. The standard InChI is InChI=1S/C22H13F2N5O2/c23-15-9-14(10-16(24)20(15)22(30)31)18-5-6-19-21(26-18)29(28-27-19)11-12-3-4-17-13(8-12)2-1-7-25-17/h1-10H,11H2,(H,30,31). The number of carboxylic acids is 1. The van der Waals surface area contributed by atoms with Crippen LogP contribution in [0.4, 0.5) is 8.78 Å². The van der Waals surface area contributed by atoms with Crippen LogP contribution in [-0.4, -0.2) is 36.0 Å². The quantitative estimate of drug-likeness (QED) is 0.474. The van der Waals surface area contributed by atoms with Crippen molar-refractivity contribution in [1.29, 1.82) is 0 Å². The molecule has 0 aliphatic carbocycles. The molecule has 0 amide bonds. The molecule has 31 heavy (non-hydrogen) atoms. The lowest BCUT2D eigenvalue weighted by atomic mass is 10.1. The SMILES string of the molecule is O=C(O)c1c(F)cc(-c2ccc3nnn(Cc4ccc5ncccc5c4)c3n2)cc1F. The first-order valence-electron chi connectivity index (χ1n) is 9.26. The van der Waals surface area contributed by atoms with Gasteiger partial charge < -0.3 is 5.11 Å². The maximum Gasteiger partial charge on any atom is 0.341 e. The summed E-state index contributed by atoms with van der Waals surface area (Å²) < 4.78 is 29.8. The predicted octanol–water partition coefficient (Wildman–Crippen LogP) is 4.07. The Labute approximate surface area is 173 Å². The Kier molecular flexibility index (Phi) is 4.36. The van der Waals surface area contributed by atoms with Crippen LogP contribution in [0.25, 0.3) is 33.3 Å². The molecular weight excluding hydrogens is 404 g/mol. The van der Waals surface area contributed by atoms with E-state index in [1.165, 1.54) is 0 Å². The first-order chi connectivity index (χ1) is 15.0. The van der Waals surface area contributed by atoms with Crippen molar-refractivity contribution in [3.05, 3.63) is 83.6 Å². The summed E-state index contributed by atoms with van der Waals surface area (Å²) in [6.07, 6.45) is 1.73. The number of rotatable bonds is 4. The van der Waals surface area contributed by atoms with Crippen LogP contribution in [0, 0.1) is 11.6 Å². The molecule has 5 rings (SSSR count). The monoisotopic (exact) mass is 417 g/mol. The van der Waals surface area contributed by atoms with Crippen molar-refractivity contribution in [1.82, 2.24) is 25.0 Å². The second-order valence-electron chi connectivity index (χ2n) is 6.94. The van der Waals surface area contributed by atoms with Gasteiger partial charge in [0.15, 0.2) is 5.65 Å². The van der Waals surface area contributed by atoms with Crippen LogP contribution >= 0.6 is 0 Å². The van der Waals surface area contributed by atoms with Gasteiger partial charge in [-0.1, -0.05) is 17.3 Å². The Balaban J connectivity index is 1.54. The second-order valence-corrected chi connectivity index (χ2v) is 6.94. The summed E-state index contributed by atoms with van der Waals surface area (Å²) >= 11 is 0. The lowest BCUT2D eigenvalue weighted by Crippen LogP contribution is -2.05. The van der Waals surface area contributed by atoms with Crippen molar-refractivity contribution < 1.29 is 18.7 Å². The molecule has 7 nitrogen and oxygen atoms in total. The molecule has 0 aliphatic heterocycles. The molecule has 0 bridgehead atoms. The lowest BCUT2D eigenvalue weighted by molar-refractivity contribution is 0.0686. The lowest BCUT2D eigenvalue weighted by Gasteiger charge is -2.07. The van der Waals surface area contributed by atoms with Crippen LogP contribution in [0.5, 0.6) is 0 Å². The zero-order valence-corrected chi connectivity index (χ0v) is 15.8. The summed E-state index contributed by atoms with van der Waals surface area (Å²) in [4.78, 5) is 19.8. The van der Waals surface area contributed by atoms with Crippen molar-refractivity contribution in [2.45, 2.75) is 6.54 Å². The summed E-state index contributed by atoms with van der Waals surface area (Å²) in [7, 11) is 0. The van der Waals surface area contributed by atoms with Crippen LogP contribution in [0.2, 0.25) is 0 Å². The molecule has 0 radical (unpaired) electrons. The molecule has 0 spiro atoms. The van der Waals surface area contributed by atoms with Gasteiger partial charge in [0.25, 0.3) is 0 Å². The Bertz CT molecular complexity index is 1460. The number of hydrogen-bond acceptors (Lipinski definition) is 5. The van der Waals surface area contributed by atoms with Crippen LogP contribution in [0.15, 0.2) is 60.8 Å². The van der Waals surface area contributed by atoms with Crippen LogP contribution in [0.1, 0.15) is 15.9 Å². The number of pyridine rings is 2. The smallest absolute Gasteiger partial charge is 0.341 e. The van der Waals surface area contributed by atoms with Crippen LogP contribution in [-0.2, 0) is 6.54 Å². The molecular formula is C22H13F2N5O2. The molecule has 0 atom stereocenters. The number of halogens is 2. The van der Waals surface area contributed by atoms with Gasteiger partial charge in [-0.2, -0.15) is 0 Å². The van der Waals surface area contributed by atoms with Gasteiger partial charge in [-0.3, -0.25) is 4.98 Å². The van der Waals surface area contributed by atoms with Crippen molar-refractivity contribution >= 4 is 28.0 Å². The third kappa shape index (κ3) is 3.35. The zero-order chi connectivity index (χ0) is 21.5. The molecule has 3 heterocycles. The average molecular weight is 417 g/mol. The summed E-state index contributed by atoms with van der Waals surface area (Å²) in [6, 6.07) is 14.8. The number of fused-ring (bicyclic) bond motifs is 2. The van der Waals surface area contributed by atoms with E-state index in [1.807, 2.05) is 30.3 Å². The molecule has 0 unspecified atom stereocenters. The van der Waals surface area contributed by atoms with Crippen molar-refractivity contribution in [3.63, 3.8) is 0 Å². The minimum atomic E-state index is -1.67. The molecule has 152 valence electrons. The van der Waals surface area contributed by atoms with E-state index in [4.69, 9.17) is 5.11 Å². The molecule has 0 saturated carbocycles. The van der Waals surface area contributed by atoms with E-state index >= 15 is 0 Å². The maximum atomic E-state index is 14.1. The van der Waals surface area contributed by atoms with Crippen molar-refractivity contribution in [2.75, 3.05) is 0 Å². The third-order valence-electron chi connectivity index (χ3n) is 4.91. The largest absolute Gasteiger partial charge is 0.477 e. The number of aromatic nitrogens is 5. The fourth-order valence-electron chi connectivity index (χ4n) is 3.44. The highest BCUT2D eigenvalue weighted by Gasteiger charge is 2.19. The number of hydrogen-bond donors (Lipinski definition) is 1. The highest BCUT2D eigenvalue weighted by molar-refractivity contribution is 5.89. The average Bonchev–Trinajstić information content (AvgIpc) is 3.15. The van der Waals surface area contributed by atoms with E-state index in [0.29, 0.717) is 17.7 Å². The first-order valence-corrected chi connectivity index (χ1v) is 9.26. The molecule has 1 N–H and O–H groups in total. The fraction of sp³-hybridized carbons (Fsp3) is 0.0455. The minimum absolute atomic E-state index is 0.117. The van der Waals surface area contributed by atoms with E-state index in [9.17, 15) is 13.6 Å². The van der Waals surface area contributed by atoms with Crippen molar-refractivity contribution in [3.8, 4) is 11.3 Å².